The van der Waals surface area contributed by atoms with Crippen LogP contribution in [0.4, 0.5) is 10.1 Å². The average Bonchev–Trinajstić information content (AvgIpc) is 3.13. The number of hydrogen-bond acceptors (Lipinski definition) is 5. The van der Waals surface area contributed by atoms with E-state index in [4.69, 9.17) is 9.47 Å². The summed E-state index contributed by atoms with van der Waals surface area (Å²) in [7, 11) is 1.51. The lowest BCUT2D eigenvalue weighted by Crippen LogP contribution is -2.29. The van der Waals surface area contributed by atoms with Gasteiger partial charge in [0.1, 0.15) is 23.1 Å². The Morgan fingerprint density at radius 1 is 1.00 bits per heavy atom. The topological polar surface area (TPSA) is 76.1 Å². The molecule has 1 saturated heterocycles. The van der Waals surface area contributed by atoms with Crippen molar-refractivity contribution in [2.75, 3.05) is 18.6 Å². The van der Waals surface area contributed by atoms with Crippen molar-refractivity contribution in [3.8, 4) is 11.5 Å². The van der Waals surface area contributed by atoms with E-state index in [1.54, 1.807) is 54.6 Å². The first-order chi connectivity index (χ1) is 16.8. The SMILES string of the molecule is COc1cccc(C2/C(=C(\O)c3ccc(OCC(C)C)cc3)C(=O)C(=O)N2c2cccc(F)c2)c1. The van der Waals surface area contributed by atoms with E-state index < -0.39 is 23.5 Å². The molecule has 1 aliphatic heterocycles. The van der Waals surface area contributed by atoms with Crippen LogP contribution in [0.5, 0.6) is 11.5 Å². The van der Waals surface area contributed by atoms with Crippen LogP contribution < -0.4 is 14.4 Å². The smallest absolute Gasteiger partial charge is 0.300 e. The van der Waals surface area contributed by atoms with Crippen LogP contribution in [0.15, 0.2) is 78.4 Å². The van der Waals surface area contributed by atoms with Gasteiger partial charge in [-0.3, -0.25) is 14.5 Å². The number of carbonyl (C=O) groups is 2. The molecule has 1 atom stereocenters. The number of halogens is 1. The molecule has 35 heavy (non-hydrogen) atoms. The van der Waals surface area contributed by atoms with Gasteiger partial charge in [-0.25, -0.2) is 4.39 Å². The van der Waals surface area contributed by atoms with Gasteiger partial charge in [0.05, 0.1) is 25.3 Å². The molecular weight excluding hydrogens is 449 g/mol. The molecule has 3 aromatic carbocycles. The summed E-state index contributed by atoms with van der Waals surface area (Å²) in [4.78, 5) is 27.6. The second-order valence-electron chi connectivity index (χ2n) is 8.65. The van der Waals surface area contributed by atoms with Gasteiger partial charge in [-0.1, -0.05) is 32.0 Å². The minimum atomic E-state index is -0.983. The van der Waals surface area contributed by atoms with Crippen LogP contribution in [-0.4, -0.2) is 30.5 Å². The lowest BCUT2D eigenvalue weighted by Gasteiger charge is -2.25. The van der Waals surface area contributed by atoms with E-state index in [0.29, 0.717) is 35.2 Å². The number of amides is 1. The number of nitrogens with zero attached hydrogens (tertiary/aromatic N) is 1. The largest absolute Gasteiger partial charge is 0.507 e. The van der Waals surface area contributed by atoms with Crippen molar-refractivity contribution >= 4 is 23.1 Å². The van der Waals surface area contributed by atoms with Crippen LogP contribution in [0.1, 0.15) is 31.0 Å². The van der Waals surface area contributed by atoms with Crippen molar-refractivity contribution in [2.45, 2.75) is 19.9 Å². The first-order valence-corrected chi connectivity index (χ1v) is 11.2. The molecule has 1 unspecified atom stereocenters. The molecule has 0 spiro atoms. The molecule has 0 radical (unpaired) electrons. The van der Waals surface area contributed by atoms with Crippen LogP contribution in [0.25, 0.3) is 5.76 Å². The Bertz CT molecular complexity index is 1280. The van der Waals surface area contributed by atoms with Crippen molar-refractivity contribution in [2.24, 2.45) is 5.92 Å². The van der Waals surface area contributed by atoms with Crippen LogP contribution >= 0.6 is 0 Å². The van der Waals surface area contributed by atoms with E-state index in [9.17, 15) is 19.1 Å². The van der Waals surface area contributed by atoms with E-state index >= 15 is 0 Å². The van der Waals surface area contributed by atoms with Gasteiger partial charge >= 0.3 is 0 Å². The molecule has 6 nitrogen and oxygen atoms in total. The van der Waals surface area contributed by atoms with Crippen molar-refractivity contribution in [1.82, 2.24) is 0 Å². The van der Waals surface area contributed by atoms with Gasteiger partial charge in [0.2, 0.25) is 0 Å². The number of aliphatic hydroxyl groups excluding tert-OH is 1. The Balaban J connectivity index is 1.84. The number of carbonyl (C=O) groups excluding carboxylic acids is 2. The molecular formula is C28H26FNO5. The van der Waals surface area contributed by atoms with Gasteiger partial charge < -0.3 is 14.6 Å². The number of Topliss-reactive ketones (excluding diaryl/α,β-unsaturated/α-hetero) is 1. The average molecular weight is 476 g/mol. The van der Waals surface area contributed by atoms with E-state index in [0.717, 1.165) is 0 Å². The summed E-state index contributed by atoms with van der Waals surface area (Å²) in [5, 5.41) is 11.2. The zero-order chi connectivity index (χ0) is 25.1. The van der Waals surface area contributed by atoms with Gasteiger partial charge in [0.15, 0.2) is 0 Å². The number of benzene rings is 3. The third-order valence-corrected chi connectivity index (χ3v) is 5.65. The maximum atomic E-state index is 14.0. The molecule has 1 amide bonds. The number of ether oxygens (including phenoxy) is 2. The number of hydrogen-bond donors (Lipinski definition) is 1. The quantitative estimate of drug-likeness (QED) is 0.278. The van der Waals surface area contributed by atoms with E-state index in [1.165, 1.54) is 30.2 Å². The fourth-order valence-corrected chi connectivity index (χ4v) is 3.98. The molecule has 0 aliphatic carbocycles. The second-order valence-corrected chi connectivity index (χ2v) is 8.65. The number of rotatable bonds is 7. The maximum Gasteiger partial charge on any atom is 0.300 e. The van der Waals surface area contributed by atoms with Crippen molar-refractivity contribution in [1.29, 1.82) is 0 Å². The normalized spacial score (nSPS) is 17.2. The highest BCUT2D eigenvalue weighted by molar-refractivity contribution is 6.51. The van der Waals surface area contributed by atoms with Gasteiger partial charge in [-0.15, -0.1) is 0 Å². The van der Waals surface area contributed by atoms with Crippen LogP contribution in [0.2, 0.25) is 0 Å². The van der Waals surface area contributed by atoms with Gasteiger partial charge in [-0.2, -0.15) is 0 Å². The lowest BCUT2D eigenvalue weighted by molar-refractivity contribution is -0.132. The van der Waals surface area contributed by atoms with Gasteiger partial charge in [0.25, 0.3) is 11.7 Å². The summed E-state index contributed by atoms with van der Waals surface area (Å²) >= 11 is 0. The standard InChI is InChI=1S/C28H26FNO5/c1-17(2)16-35-22-12-10-18(11-13-22)26(31)24-25(19-6-4-9-23(14-19)34-3)30(28(33)27(24)32)21-8-5-7-20(29)15-21/h4-15,17,25,31H,16H2,1-3H3/b26-24+. The van der Waals surface area contributed by atoms with Crippen LogP contribution in [0, 0.1) is 11.7 Å². The van der Waals surface area contributed by atoms with Crippen molar-refractivity contribution in [3.05, 3.63) is 95.3 Å². The fraction of sp³-hybridized carbons (Fsp3) is 0.214. The summed E-state index contributed by atoms with van der Waals surface area (Å²) in [6, 6.07) is 18.0. The van der Waals surface area contributed by atoms with Crippen LogP contribution in [0.3, 0.4) is 0 Å². The minimum absolute atomic E-state index is 0.0941. The van der Waals surface area contributed by atoms with E-state index in [2.05, 4.69) is 0 Å². The highest BCUT2D eigenvalue weighted by Crippen LogP contribution is 2.43. The first-order valence-electron chi connectivity index (χ1n) is 11.2. The molecule has 1 aliphatic rings. The van der Waals surface area contributed by atoms with Crippen molar-refractivity contribution in [3.63, 3.8) is 0 Å². The molecule has 180 valence electrons. The third kappa shape index (κ3) is 4.89. The molecule has 0 bridgehead atoms. The van der Waals surface area contributed by atoms with Crippen molar-refractivity contribution < 1.29 is 28.6 Å². The molecule has 3 aromatic rings. The zero-order valence-electron chi connectivity index (χ0n) is 19.7. The molecule has 1 N–H and O–H groups in total. The highest BCUT2D eigenvalue weighted by Gasteiger charge is 2.47. The Morgan fingerprint density at radius 2 is 1.71 bits per heavy atom. The van der Waals surface area contributed by atoms with Gasteiger partial charge in [-0.05, 0) is 66.1 Å². The Kier molecular flexibility index (Phi) is 6.87. The number of anilines is 1. The summed E-state index contributed by atoms with van der Waals surface area (Å²) in [5.74, 6) is -1.11. The van der Waals surface area contributed by atoms with Crippen LogP contribution in [-0.2, 0) is 9.59 Å². The number of ketones is 1. The molecule has 1 heterocycles. The predicted molar refractivity (Wildman–Crippen MR) is 131 cm³/mol. The molecule has 4 rings (SSSR count). The Hall–Kier alpha value is -4.13. The third-order valence-electron chi connectivity index (χ3n) is 5.65. The monoisotopic (exact) mass is 475 g/mol. The van der Waals surface area contributed by atoms with E-state index in [-0.39, 0.29) is 17.0 Å². The van der Waals surface area contributed by atoms with E-state index in [1.807, 2.05) is 13.8 Å². The number of aliphatic hydroxyl groups is 1. The zero-order valence-corrected chi connectivity index (χ0v) is 19.7. The molecule has 0 saturated carbocycles. The lowest BCUT2D eigenvalue weighted by atomic mass is 9.95. The second kappa shape index (κ2) is 10.0. The minimum Gasteiger partial charge on any atom is -0.507 e. The molecule has 1 fully saturated rings. The summed E-state index contributed by atoms with van der Waals surface area (Å²) in [6.07, 6.45) is 0. The predicted octanol–water partition coefficient (Wildman–Crippen LogP) is 5.50. The fourth-order valence-electron chi connectivity index (χ4n) is 3.98. The first kappa shape index (κ1) is 24.0. The Morgan fingerprint density at radius 3 is 2.37 bits per heavy atom. The summed E-state index contributed by atoms with van der Waals surface area (Å²) in [6.45, 7) is 4.62. The Labute approximate surface area is 203 Å². The summed E-state index contributed by atoms with van der Waals surface area (Å²) in [5.41, 5.74) is 0.998. The summed E-state index contributed by atoms with van der Waals surface area (Å²) < 4.78 is 25.1. The highest BCUT2D eigenvalue weighted by atomic mass is 19.1. The maximum absolute atomic E-state index is 14.0. The molecule has 0 aromatic heterocycles. The molecule has 7 heteroatoms. The van der Waals surface area contributed by atoms with Gasteiger partial charge in [0, 0.05) is 11.3 Å². The number of methoxy groups -OCH3 is 1.